The van der Waals surface area contributed by atoms with E-state index in [0.29, 0.717) is 33.8 Å². The van der Waals surface area contributed by atoms with Crippen LogP contribution in [0.1, 0.15) is 28.4 Å². The number of nitro benzene ring substituents is 1. The molecule has 0 saturated heterocycles. The maximum atomic E-state index is 13.4. The number of benzene rings is 4. The first kappa shape index (κ1) is 31.5. The van der Waals surface area contributed by atoms with Gasteiger partial charge in [0.25, 0.3) is 17.5 Å². The summed E-state index contributed by atoms with van der Waals surface area (Å²) in [5, 5.41) is 18.8. The number of ether oxygens (including phenoxy) is 1. The quantitative estimate of drug-likeness (QED) is 0.0768. The highest BCUT2D eigenvalue weighted by atomic mass is 32.2. The second-order valence-corrected chi connectivity index (χ2v) is 11.1. The predicted octanol–water partition coefficient (Wildman–Crippen LogP) is 6.44. The zero-order valence-electron chi connectivity index (χ0n) is 24.2. The summed E-state index contributed by atoms with van der Waals surface area (Å²) in [6.45, 7) is 3.42. The van der Waals surface area contributed by atoms with E-state index in [1.54, 1.807) is 99.8 Å². The molecule has 1 atom stereocenters. The number of thioether (sulfide) groups is 1. The molecule has 3 amide bonds. The van der Waals surface area contributed by atoms with Gasteiger partial charge in [0.2, 0.25) is 5.91 Å². The number of nitrogens with zero attached hydrogens (tertiary/aromatic N) is 1. The SMILES string of the molecule is COc1ccc(/C=C(/NC(=O)c2ccccc2)C(=O)Nc2cccc(SC(C)C(=O)Nc3ccc([N+](=O)[O-])cc3C)c2)cc1. The van der Waals surface area contributed by atoms with Crippen LogP contribution in [0, 0.1) is 17.0 Å². The molecule has 0 aliphatic heterocycles. The minimum Gasteiger partial charge on any atom is -0.497 e. The number of methoxy groups -OCH3 is 1. The summed E-state index contributed by atoms with van der Waals surface area (Å²) in [5.74, 6) is -0.601. The van der Waals surface area contributed by atoms with E-state index in [4.69, 9.17) is 4.74 Å². The van der Waals surface area contributed by atoms with Gasteiger partial charge < -0.3 is 20.7 Å². The molecule has 0 aliphatic rings. The highest BCUT2D eigenvalue weighted by Gasteiger charge is 2.18. The maximum absolute atomic E-state index is 13.4. The lowest BCUT2D eigenvalue weighted by molar-refractivity contribution is -0.384. The second-order valence-electron chi connectivity index (χ2n) is 9.64. The monoisotopic (exact) mass is 610 g/mol. The van der Waals surface area contributed by atoms with Gasteiger partial charge in [-0.2, -0.15) is 0 Å². The number of rotatable bonds is 11. The first-order valence-electron chi connectivity index (χ1n) is 13.5. The van der Waals surface area contributed by atoms with Crippen molar-refractivity contribution in [3.8, 4) is 5.75 Å². The van der Waals surface area contributed by atoms with Crippen molar-refractivity contribution in [1.29, 1.82) is 0 Å². The molecule has 0 saturated carbocycles. The molecule has 1 unspecified atom stereocenters. The molecule has 0 aromatic heterocycles. The lowest BCUT2D eigenvalue weighted by Crippen LogP contribution is -2.30. The minimum absolute atomic E-state index is 0.0355. The Labute approximate surface area is 258 Å². The minimum atomic E-state index is -0.535. The molecular formula is C33H30N4O6S. The van der Waals surface area contributed by atoms with Crippen molar-refractivity contribution in [2.75, 3.05) is 17.7 Å². The number of nitro groups is 1. The van der Waals surface area contributed by atoms with Crippen molar-refractivity contribution in [2.45, 2.75) is 24.0 Å². The van der Waals surface area contributed by atoms with E-state index in [1.807, 2.05) is 6.07 Å². The van der Waals surface area contributed by atoms with Crippen molar-refractivity contribution < 1.29 is 24.0 Å². The smallest absolute Gasteiger partial charge is 0.272 e. The van der Waals surface area contributed by atoms with Crippen LogP contribution in [0.5, 0.6) is 5.75 Å². The Morgan fingerprint density at radius 3 is 2.30 bits per heavy atom. The topological polar surface area (TPSA) is 140 Å². The Kier molecular flexibility index (Phi) is 10.5. The van der Waals surface area contributed by atoms with Gasteiger partial charge in [0.1, 0.15) is 11.4 Å². The summed E-state index contributed by atoms with van der Waals surface area (Å²) in [4.78, 5) is 50.5. The molecule has 4 rings (SSSR count). The van der Waals surface area contributed by atoms with Gasteiger partial charge in [0.15, 0.2) is 0 Å². The van der Waals surface area contributed by atoms with E-state index >= 15 is 0 Å². The summed E-state index contributed by atoms with van der Waals surface area (Å²) in [5.41, 5.74) is 2.59. The average molecular weight is 611 g/mol. The number of aryl methyl sites for hydroxylation is 1. The fourth-order valence-corrected chi connectivity index (χ4v) is 4.97. The number of hydrogen-bond donors (Lipinski definition) is 3. The van der Waals surface area contributed by atoms with E-state index in [0.717, 1.165) is 4.90 Å². The van der Waals surface area contributed by atoms with Gasteiger partial charge in [0.05, 0.1) is 17.3 Å². The molecule has 0 spiro atoms. The highest BCUT2D eigenvalue weighted by molar-refractivity contribution is 8.00. The fourth-order valence-electron chi connectivity index (χ4n) is 4.05. The summed E-state index contributed by atoms with van der Waals surface area (Å²) < 4.78 is 5.20. The van der Waals surface area contributed by atoms with Gasteiger partial charge in [-0.05, 0) is 79.6 Å². The summed E-state index contributed by atoms with van der Waals surface area (Å²) in [6, 6.07) is 26.8. The molecule has 4 aromatic rings. The van der Waals surface area contributed by atoms with E-state index in [-0.39, 0.29) is 17.3 Å². The number of anilines is 2. The van der Waals surface area contributed by atoms with Crippen LogP contribution in [0.4, 0.5) is 17.1 Å². The van der Waals surface area contributed by atoms with Gasteiger partial charge in [-0.25, -0.2) is 0 Å². The molecule has 224 valence electrons. The number of non-ortho nitro benzene ring substituents is 1. The van der Waals surface area contributed by atoms with Gasteiger partial charge in [0, 0.05) is 34.0 Å². The number of carbonyl (C=O) groups excluding carboxylic acids is 3. The van der Waals surface area contributed by atoms with Crippen molar-refractivity contribution in [3.05, 3.63) is 130 Å². The standard InChI is InChI=1S/C33H30N4O6S/c1-21-18-26(37(41)42)14-17-29(21)35-31(38)22(2)44-28-11-7-10-25(20-28)34-33(40)30(19-23-12-15-27(43-3)16-13-23)36-32(39)24-8-5-4-6-9-24/h4-20,22H,1-3H3,(H,34,40)(H,35,38)(H,36,39)/b30-19+. The second kappa shape index (κ2) is 14.7. The maximum Gasteiger partial charge on any atom is 0.272 e. The van der Waals surface area contributed by atoms with Crippen molar-refractivity contribution >= 4 is 52.6 Å². The van der Waals surface area contributed by atoms with Crippen LogP contribution >= 0.6 is 11.8 Å². The Morgan fingerprint density at radius 1 is 0.909 bits per heavy atom. The molecule has 11 heteroatoms. The van der Waals surface area contributed by atoms with Gasteiger partial charge in [-0.15, -0.1) is 11.8 Å². The van der Waals surface area contributed by atoms with E-state index in [1.165, 1.54) is 30.0 Å². The van der Waals surface area contributed by atoms with E-state index < -0.39 is 22.0 Å². The number of nitrogens with one attached hydrogen (secondary N) is 3. The third-order valence-electron chi connectivity index (χ3n) is 6.41. The summed E-state index contributed by atoms with van der Waals surface area (Å²) in [6.07, 6.45) is 1.57. The summed E-state index contributed by atoms with van der Waals surface area (Å²) >= 11 is 1.28. The molecule has 10 nitrogen and oxygen atoms in total. The summed E-state index contributed by atoms with van der Waals surface area (Å²) in [7, 11) is 1.56. The van der Waals surface area contributed by atoms with Crippen LogP contribution < -0.4 is 20.7 Å². The zero-order chi connectivity index (χ0) is 31.6. The van der Waals surface area contributed by atoms with Crippen LogP contribution in [-0.4, -0.2) is 35.0 Å². The van der Waals surface area contributed by atoms with Crippen molar-refractivity contribution in [1.82, 2.24) is 5.32 Å². The van der Waals surface area contributed by atoms with Gasteiger partial charge in [-0.3, -0.25) is 24.5 Å². The first-order chi connectivity index (χ1) is 21.1. The normalized spacial score (nSPS) is 11.7. The highest BCUT2D eigenvalue weighted by Crippen LogP contribution is 2.28. The molecule has 3 N–H and O–H groups in total. The van der Waals surface area contributed by atoms with Crippen LogP contribution in [0.25, 0.3) is 6.08 Å². The van der Waals surface area contributed by atoms with Gasteiger partial charge in [-0.1, -0.05) is 36.4 Å². The molecule has 0 heterocycles. The number of amides is 3. The van der Waals surface area contributed by atoms with Gasteiger partial charge >= 0.3 is 0 Å². The Morgan fingerprint density at radius 2 is 1.64 bits per heavy atom. The largest absolute Gasteiger partial charge is 0.497 e. The van der Waals surface area contributed by atoms with Crippen LogP contribution in [0.3, 0.4) is 0 Å². The zero-order valence-corrected chi connectivity index (χ0v) is 25.0. The lowest BCUT2D eigenvalue weighted by atomic mass is 10.1. The Hall–Kier alpha value is -5.42. The molecule has 0 bridgehead atoms. The third kappa shape index (κ3) is 8.55. The lowest BCUT2D eigenvalue weighted by Gasteiger charge is -2.15. The molecule has 44 heavy (non-hydrogen) atoms. The van der Waals surface area contributed by atoms with Crippen molar-refractivity contribution in [2.24, 2.45) is 0 Å². The number of hydrogen-bond acceptors (Lipinski definition) is 7. The Bertz CT molecular complexity index is 1710. The first-order valence-corrected chi connectivity index (χ1v) is 14.4. The third-order valence-corrected chi connectivity index (χ3v) is 7.50. The van der Waals surface area contributed by atoms with Crippen molar-refractivity contribution in [3.63, 3.8) is 0 Å². The van der Waals surface area contributed by atoms with E-state index in [2.05, 4.69) is 16.0 Å². The molecule has 0 fully saturated rings. The van der Waals surface area contributed by atoms with E-state index in [9.17, 15) is 24.5 Å². The molecule has 0 aliphatic carbocycles. The average Bonchev–Trinajstić information content (AvgIpc) is 3.02. The fraction of sp³-hybridized carbons (Fsp3) is 0.121. The molecular weight excluding hydrogens is 580 g/mol. The predicted molar refractivity (Wildman–Crippen MR) is 172 cm³/mol. The number of carbonyl (C=O) groups is 3. The van der Waals surface area contributed by atoms with Crippen LogP contribution in [0.2, 0.25) is 0 Å². The van der Waals surface area contributed by atoms with Crippen LogP contribution in [0.15, 0.2) is 108 Å². The van der Waals surface area contributed by atoms with Crippen LogP contribution in [-0.2, 0) is 9.59 Å². The Balaban J connectivity index is 1.47. The molecule has 0 radical (unpaired) electrons. The molecule has 4 aromatic carbocycles.